The maximum Gasteiger partial charge on any atom is 0.435 e. The SMILES string of the molecule is Cn1nc(C(F)(F)F)cc1C(=O)NC1CCCc2nn(-c3ccnc(C(F)(F)F)c3)cc21. The van der Waals surface area contributed by atoms with E-state index in [-0.39, 0.29) is 11.4 Å². The number of fused-ring (bicyclic) bond motifs is 1. The van der Waals surface area contributed by atoms with Crippen molar-refractivity contribution < 1.29 is 31.1 Å². The summed E-state index contributed by atoms with van der Waals surface area (Å²) in [7, 11) is 1.23. The Bertz CT molecular complexity index is 1160. The number of pyridine rings is 1. The van der Waals surface area contributed by atoms with Crippen molar-refractivity contribution in [3.63, 3.8) is 0 Å². The van der Waals surface area contributed by atoms with Crippen molar-refractivity contribution in [3.05, 3.63) is 58.9 Å². The van der Waals surface area contributed by atoms with E-state index < -0.39 is 35.7 Å². The van der Waals surface area contributed by atoms with Crippen LogP contribution in [0.25, 0.3) is 5.69 Å². The van der Waals surface area contributed by atoms with Crippen LogP contribution in [0.3, 0.4) is 0 Å². The molecule has 1 atom stereocenters. The molecule has 4 rings (SSSR count). The van der Waals surface area contributed by atoms with Crippen molar-refractivity contribution in [2.75, 3.05) is 0 Å². The number of aryl methyl sites for hydroxylation is 2. The average molecular weight is 458 g/mol. The molecule has 1 aliphatic carbocycles. The Balaban J connectivity index is 1.60. The van der Waals surface area contributed by atoms with Crippen LogP contribution < -0.4 is 5.32 Å². The zero-order valence-corrected chi connectivity index (χ0v) is 16.5. The van der Waals surface area contributed by atoms with Gasteiger partial charge in [-0.1, -0.05) is 0 Å². The molecule has 0 saturated heterocycles. The van der Waals surface area contributed by atoms with Crippen LogP contribution in [0.1, 0.15) is 52.0 Å². The predicted octanol–water partition coefficient (Wildman–Crippen LogP) is 3.85. The van der Waals surface area contributed by atoms with E-state index in [9.17, 15) is 31.1 Å². The highest BCUT2D eigenvalue weighted by Gasteiger charge is 2.36. The fourth-order valence-electron chi connectivity index (χ4n) is 3.59. The monoisotopic (exact) mass is 458 g/mol. The molecule has 1 aliphatic rings. The van der Waals surface area contributed by atoms with Gasteiger partial charge in [0.1, 0.15) is 11.4 Å². The van der Waals surface area contributed by atoms with Gasteiger partial charge in [0.05, 0.1) is 17.4 Å². The Morgan fingerprint density at radius 2 is 1.81 bits per heavy atom. The summed E-state index contributed by atoms with van der Waals surface area (Å²) in [4.78, 5) is 15.9. The van der Waals surface area contributed by atoms with Gasteiger partial charge in [0, 0.05) is 31.1 Å². The van der Waals surface area contributed by atoms with E-state index in [2.05, 4.69) is 20.5 Å². The normalized spacial score (nSPS) is 16.7. The Hall–Kier alpha value is -3.38. The standard InChI is InChI=1S/C19H16F6N6O/c1-30-14(8-16(29-30)19(23,24)25)17(32)27-12-3-2-4-13-11(12)9-31(28-13)10-5-6-26-15(7-10)18(20,21)22/h5-9,12H,2-4H2,1H3,(H,27,32). The number of nitrogens with zero attached hydrogens (tertiary/aromatic N) is 5. The third kappa shape index (κ3) is 4.18. The predicted molar refractivity (Wildman–Crippen MR) is 97.7 cm³/mol. The quantitative estimate of drug-likeness (QED) is 0.605. The molecule has 1 amide bonds. The van der Waals surface area contributed by atoms with Crippen molar-refractivity contribution in [3.8, 4) is 5.69 Å². The lowest BCUT2D eigenvalue weighted by Gasteiger charge is -2.22. The van der Waals surface area contributed by atoms with Crippen LogP contribution in [-0.2, 0) is 25.8 Å². The van der Waals surface area contributed by atoms with E-state index in [0.717, 1.165) is 16.9 Å². The molecule has 1 N–H and O–H groups in total. The number of aromatic nitrogens is 5. The minimum atomic E-state index is -4.69. The van der Waals surface area contributed by atoms with Crippen molar-refractivity contribution in [2.45, 2.75) is 37.7 Å². The van der Waals surface area contributed by atoms with Crippen molar-refractivity contribution in [2.24, 2.45) is 7.05 Å². The Morgan fingerprint density at radius 1 is 1.09 bits per heavy atom. The molecule has 3 heterocycles. The van der Waals surface area contributed by atoms with Gasteiger partial charge < -0.3 is 5.32 Å². The minimum Gasteiger partial charge on any atom is -0.344 e. The summed E-state index contributed by atoms with van der Waals surface area (Å²) in [5, 5.41) is 10.3. The summed E-state index contributed by atoms with van der Waals surface area (Å²) in [5.74, 6) is -0.746. The summed E-state index contributed by atoms with van der Waals surface area (Å²) in [6, 6.07) is 2.33. The van der Waals surface area contributed by atoms with Gasteiger partial charge in [-0.05, 0) is 31.4 Å². The number of carbonyl (C=O) groups excluding carboxylic acids is 1. The van der Waals surface area contributed by atoms with E-state index in [4.69, 9.17) is 0 Å². The summed E-state index contributed by atoms with van der Waals surface area (Å²) in [6.45, 7) is 0. The van der Waals surface area contributed by atoms with Crippen LogP contribution in [0, 0.1) is 0 Å². The lowest BCUT2D eigenvalue weighted by Crippen LogP contribution is -2.31. The zero-order chi connectivity index (χ0) is 23.3. The molecule has 0 aromatic carbocycles. The van der Waals surface area contributed by atoms with Crippen LogP contribution in [-0.4, -0.2) is 30.5 Å². The molecule has 0 radical (unpaired) electrons. The summed E-state index contributed by atoms with van der Waals surface area (Å²) in [5.41, 5.74) is -1.18. The molecule has 1 unspecified atom stereocenters. The van der Waals surface area contributed by atoms with E-state index >= 15 is 0 Å². The van der Waals surface area contributed by atoms with Gasteiger partial charge in [-0.2, -0.15) is 36.5 Å². The van der Waals surface area contributed by atoms with Gasteiger partial charge in [-0.15, -0.1) is 0 Å². The Kier molecular flexibility index (Phi) is 5.21. The fourth-order valence-corrected chi connectivity index (χ4v) is 3.59. The first-order valence-electron chi connectivity index (χ1n) is 9.47. The second-order valence-electron chi connectivity index (χ2n) is 7.33. The van der Waals surface area contributed by atoms with E-state index in [1.807, 2.05) is 0 Å². The maximum atomic E-state index is 13.0. The lowest BCUT2D eigenvalue weighted by atomic mass is 9.93. The van der Waals surface area contributed by atoms with E-state index in [1.54, 1.807) is 0 Å². The summed E-state index contributed by atoms with van der Waals surface area (Å²) >= 11 is 0. The highest BCUT2D eigenvalue weighted by atomic mass is 19.4. The van der Waals surface area contributed by atoms with Crippen LogP contribution in [0.5, 0.6) is 0 Å². The Labute approximate surface area is 177 Å². The number of alkyl halides is 6. The molecule has 32 heavy (non-hydrogen) atoms. The van der Waals surface area contributed by atoms with Crippen molar-refractivity contribution in [1.29, 1.82) is 0 Å². The van der Waals surface area contributed by atoms with Gasteiger partial charge in [-0.3, -0.25) is 14.5 Å². The van der Waals surface area contributed by atoms with Gasteiger partial charge in [0.25, 0.3) is 5.91 Å². The molecule has 3 aromatic heterocycles. The average Bonchev–Trinajstić information content (AvgIpc) is 3.32. The molecule has 0 fully saturated rings. The fraction of sp³-hybridized carbons (Fsp3) is 0.368. The van der Waals surface area contributed by atoms with Gasteiger partial charge in [-0.25, -0.2) is 4.68 Å². The number of hydrogen-bond acceptors (Lipinski definition) is 4. The molecular formula is C19H16F6N6O. The topological polar surface area (TPSA) is 77.6 Å². The molecule has 13 heteroatoms. The Morgan fingerprint density at radius 3 is 2.47 bits per heavy atom. The molecule has 0 bridgehead atoms. The summed E-state index contributed by atoms with van der Waals surface area (Å²) < 4.78 is 79.6. The van der Waals surface area contributed by atoms with Crippen molar-refractivity contribution >= 4 is 5.91 Å². The first-order valence-corrected chi connectivity index (χ1v) is 9.47. The highest BCUT2D eigenvalue weighted by Crippen LogP contribution is 2.32. The van der Waals surface area contributed by atoms with E-state index in [0.29, 0.717) is 36.6 Å². The number of amides is 1. The molecule has 0 saturated carbocycles. The first-order chi connectivity index (χ1) is 14.9. The van der Waals surface area contributed by atoms with Crippen LogP contribution in [0.2, 0.25) is 0 Å². The molecule has 170 valence electrons. The number of nitrogens with one attached hydrogen (secondary N) is 1. The number of carbonyl (C=O) groups is 1. The molecule has 0 aliphatic heterocycles. The summed E-state index contributed by atoms with van der Waals surface area (Å²) in [6.07, 6.45) is -5.07. The minimum absolute atomic E-state index is 0.147. The van der Waals surface area contributed by atoms with E-state index in [1.165, 1.54) is 24.0 Å². The highest BCUT2D eigenvalue weighted by molar-refractivity contribution is 5.93. The first kappa shape index (κ1) is 21.8. The molecule has 0 spiro atoms. The van der Waals surface area contributed by atoms with Crippen molar-refractivity contribution in [1.82, 2.24) is 29.9 Å². The van der Waals surface area contributed by atoms with Crippen LogP contribution in [0.4, 0.5) is 26.3 Å². The van der Waals surface area contributed by atoms with Gasteiger partial charge in [0.2, 0.25) is 0 Å². The number of halogens is 6. The largest absolute Gasteiger partial charge is 0.435 e. The molecule has 3 aromatic rings. The smallest absolute Gasteiger partial charge is 0.344 e. The zero-order valence-electron chi connectivity index (χ0n) is 16.5. The molecular weight excluding hydrogens is 442 g/mol. The van der Waals surface area contributed by atoms with Gasteiger partial charge >= 0.3 is 12.4 Å². The maximum absolute atomic E-state index is 13.0. The second kappa shape index (κ2) is 7.64. The van der Waals surface area contributed by atoms with Crippen LogP contribution >= 0.6 is 0 Å². The number of hydrogen-bond donors (Lipinski definition) is 1. The third-order valence-corrected chi connectivity index (χ3v) is 5.11. The van der Waals surface area contributed by atoms with Crippen LogP contribution in [0.15, 0.2) is 30.6 Å². The lowest BCUT2D eigenvalue weighted by molar-refractivity contribution is -0.142. The number of rotatable bonds is 3. The van der Waals surface area contributed by atoms with Gasteiger partial charge in [0.15, 0.2) is 5.69 Å². The third-order valence-electron chi connectivity index (χ3n) is 5.11. The molecule has 7 nitrogen and oxygen atoms in total. The second-order valence-corrected chi connectivity index (χ2v) is 7.33.